The zero-order chi connectivity index (χ0) is 19.0. The fourth-order valence-electron chi connectivity index (χ4n) is 4.22. The Morgan fingerprint density at radius 1 is 1.11 bits per heavy atom. The van der Waals surface area contributed by atoms with Crippen LogP contribution in [0, 0.1) is 12.3 Å². The highest BCUT2D eigenvalue weighted by Crippen LogP contribution is 2.42. The van der Waals surface area contributed by atoms with Crippen LogP contribution in [0.4, 0.5) is 5.69 Å². The number of benzene rings is 2. The van der Waals surface area contributed by atoms with Crippen molar-refractivity contribution < 1.29 is 14.3 Å². The Kier molecular flexibility index (Phi) is 4.38. The van der Waals surface area contributed by atoms with Gasteiger partial charge in [-0.15, -0.1) is 0 Å². The molecule has 0 bridgehead atoms. The average Bonchev–Trinajstić information content (AvgIpc) is 3.24. The number of ether oxygens (including phenoxy) is 1. The van der Waals surface area contributed by atoms with E-state index >= 15 is 0 Å². The largest absolute Gasteiger partial charge is 0.497 e. The number of rotatable bonds is 3. The van der Waals surface area contributed by atoms with E-state index in [4.69, 9.17) is 4.74 Å². The third kappa shape index (κ3) is 3.29. The lowest BCUT2D eigenvalue weighted by atomic mass is 9.86. The van der Waals surface area contributed by atoms with Crippen molar-refractivity contribution in [2.75, 3.05) is 31.6 Å². The summed E-state index contributed by atoms with van der Waals surface area (Å²) in [7, 11) is 1.61. The number of anilines is 1. The summed E-state index contributed by atoms with van der Waals surface area (Å²) in [4.78, 5) is 29.3. The fourth-order valence-corrected chi connectivity index (χ4v) is 4.22. The average molecular weight is 364 g/mol. The number of methoxy groups -OCH3 is 1. The van der Waals surface area contributed by atoms with E-state index in [1.165, 1.54) is 0 Å². The van der Waals surface area contributed by atoms with Gasteiger partial charge in [0.1, 0.15) is 5.75 Å². The lowest BCUT2D eigenvalue weighted by molar-refractivity contribution is -0.117. The molecule has 4 rings (SSSR count). The summed E-state index contributed by atoms with van der Waals surface area (Å²) in [6.45, 7) is 4.04. The normalized spacial score (nSPS) is 21.9. The molecule has 5 heteroatoms. The summed E-state index contributed by atoms with van der Waals surface area (Å²) >= 11 is 0. The molecular formula is C22H24N2O3. The molecule has 2 amide bonds. The zero-order valence-electron chi connectivity index (χ0n) is 15.8. The van der Waals surface area contributed by atoms with Gasteiger partial charge in [0.25, 0.3) is 5.91 Å². The van der Waals surface area contributed by atoms with Crippen LogP contribution in [0.15, 0.2) is 48.5 Å². The van der Waals surface area contributed by atoms with Crippen LogP contribution in [-0.4, -0.2) is 43.5 Å². The van der Waals surface area contributed by atoms with Crippen LogP contribution < -0.4 is 9.64 Å². The summed E-state index contributed by atoms with van der Waals surface area (Å²) in [5.74, 6) is 0.912. The number of hydrogen-bond donors (Lipinski definition) is 0. The highest BCUT2D eigenvalue weighted by atomic mass is 16.5. The highest BCUT2D eigenvalue weighted by Gasteiger charge is 2.48. The van der Waals surface area contributed by atoms with E-state index in [9.17, 15) is 9.59 Å². The van der Waals surface area contributed by atoms with E-state index in [1.54, 1.807) is 31.4 Å². The van der Waals surface area contributed by atoms with Crippen LogP contribution in [0.1, 0.15) is 28.8 Å². The number of nitrogens with zero attached hydrogens (tertiary/aromatic N) is 2. The summed E-state index contributed by atoms with van der Waals surface area (Å²) in [6, 6.07) is 15.2. The molecule has 0 aromatic heterocycles. The molecule has 2 aliphatic heterocycles. The second-order valence-corrected chi connectivity index (χ2v) is 7.70. The lowest BCUT2D eigenvalue weighted by Crippen LogP contribution is -2.34. The first-order valence-corrected chi connectivity index (χ1v) is 9.30. The predicted octanol–water partition coefficient (Wildman–Crippen LogP) is 3.27. The molecule has 27 heavy (non-hydrogen) atoms. The molecule has 1 spiro atoms. The first-order chi connectivity index (χ1) is 13.0. The highest BCUT2D eigenvalue weighted by molar-refractivity contribution is 5.97. The maximum Gasteiger partial charge on any atom is 0.253 e. The molecule has 5 nitrogen and oxygen atoms in total. The second kappa shape index (κ2) is 6.72. The molecule has 0 radical (unpaired) electrons. The van der Waals surface area contributed by atoms with Gasteiger partial charge >= 0.3 is 0 Å². The fraction of sp³-hybridized carbons (Fsp3) is 0.364. The SMILES string of the molecule is COc1ccc(C(=O)N2CC[C@@]3(CC(=O)N(c4cccc(C)c4)C3)C2)cc1. The van der Waals surface area contributed by atoms with Crippen molar-refractivity contribution in [1.29, 1.82) is 0 Å². The number of likely N-dealkylation sites (tertiary alicyclic amines) is 1. The van der Waals surface area contributed by atoms with Gasteiger partial charge in [-0.05, 0) is 55.3 Å². The number of hydrogen-bond acceptors (Lipinski definition) is 3. The van der Waals surface area contributed by atoms with Crippen LogP contribution in [0.5, 0.6) is 5.75 Å². The molecular weight excluding hydrogens is 340 g/mol. The monoisotopic (exact) mass is 364 g/mol. The Morgan fingerprint density at radius 3 is 2.59 bits per heavy atom. The molecule has 1 atom stereocenters. The standard InChI is InChI=1S/C22H24N2O3/c1-16-4-3-5-18(12-16)24-15-22(13-20(24)25)10-11-23(14-22)21(26)17-6-8-19(27-2)9-7-17/h3-9,12H,10-11,13-15H2,1-2H3/t22-/m1/s1. The maximum absolute atomic E-state index is 12.9. The molecule has 2 heterocycles. The molecule has 0 aliphatic carbocycles. The summed E-state index contributed by atoms with van der Waals surface area (Å²) < 4.78 is 5.16. The van der Waals surface area contributed by atoms with E-state index < -0.39 is 0 Å². The van der Waals surface area contributed by atoms with Crippen LogP contribution in [0.3, 0.4) is 0 Å². The predicted molar refractivity (Wildman–Crippen MR) is 104 cm³/mol. The van der Waals surface area contributed by atoms with Crippen molar-refractivity contribution in [3.8, 4) is 5.75 Å². The maximum atomic E-state index is 12.9. The minimum Gasteiger partial charge on any atom is -0.497 e. The Balaban J connectivity index is 1.48. The quantitative estimate of drug-likeness (QED) is 0.840. The van der Waals surface area contributed by atoms with E-state index in [0.717, 1.165) is 23.4 Å². The Hall–Kier alpha value is -2.82. The zero-order valence-corrected chi connectivity index (χ0v) is 15.8. The number of aryl methyl sites for hydroxylation is 1. The molecule has 2 aliphatic rings. The van der Waals surface area contributed by atoms with Crippen molar-refractivity contribution in [2.45, 2.75) is 19.8 Å². The van der Waals surface area contributed by atoms with Gasteiger partial charge in [0.15, 0.2) is 0 Å². The topological polar surface area (TPSA) is 49.9 Å². The molecule has 0 unspecified atom stereocenters. The van der Waals surface area contributed by atoms with Gasteiger partial charge in [-0.25, -0.2) is 0 Å². The van der Waals surface area contributed by atoms with Crippen LogP contribution in [0.25, 0.3) is 0 Å². The number of carbonyl (C=O) groups is 2. The Bertz CT molecular complexity index is 877. The first kappa shape index (κ1) is 17.6. The Morgan fingerprint density at radius 2 is 1.89 bits per heavy atom. The Labute approximate surface area is 159 Å². The van der Waals surface area contributed by atoms with Gasteiger partial charge in [-0.2, -0.15) is 0 Å². The minimum atomic E-state index is -0.136. The van der Waals surface area contributed by atoms with Gasteiger partial charge in [0.05, 0.1) is 7.11 Å². The summed E-state index contributed by atoms with van der Waals surface area (Å²) in [5.41, 5.74) is 2.62. The number of carbonyl (C=O) groups excluding carboxylic acids is 2. The van der Waals surface area contributed by atoms with Crippen LogP contribution in [0.2, 0.25) is 0 Å². The minimum absolute atomic E-state index is 0.0241. The molecule has 0 N–H and O–H groups in total. The van der Waals surface area contributed by atoms with Gasteiger partial charge in [0.2, 0.25) is 5.91 Å². The first-order valence-electron chi connectivity index (χ1n) is 9.30. The van der Waals surface area contributed by atoms with Gasteiger partial charge in [-0.3, -0.25) is 9.59 Å². The molecule has 2 aromatic carbocycles. The van der Waals surface area contributed by atoms with Gasteiger partial charge < -0.3 is 14.5 Å². The third-order valence-electron chi connectivity index (χ3n) is 5.70. The van der Waals surface area contributed by atoms with E-state index in [2.05, 4.69) is 0 Å². The second-order valence-electron chi connectivity index (χ2n) is 7.70. The van der Waals surface area contributed by atoms with Crippen LogP contribution in [-0.2, 0) is 4.79 Å². The van der Waals surface area contributed by atoms with E-state index in [0.29, 0.717) is 31.6 Å². The lowest BCUT2D eigenvalue weighted by Gasteiger charge is -2.24. The summed E-state index contributed by atoms with van der Waals surface area (Å²) in [5, 5.41) is 0. The van der Waals surface area contributed by atoms with Gasteiger partial charge in [-0.1, -0.05) is 12.1 Å². The summed E-state index contributed by atoms with van der Waals surface area (Å²) in [6.07, 6.45) is 1.37. The van der Waals surface area contributed by atoms with Crippen molar-refractivity contribution in [1.82, 2.24) is 4.90 Å². The smallest absolute Gasteiger partial charge is 0.253 e. The van der Waals surface area contributed by atoms with E-state index in [-0.39, 0.29) is 17.2 Å². The van der Waals surface area contributed by atoms with Crippen molar-refractivity contribution in [2.24, 2.45) is 5.41 Å². The van der Waals surface area contributed by atoms with Crippen molar-refractivity contribution in [3.63, 3.8) is 0 Å². The molecule has 2 saturated heterocycles. The molecule has 0 saturated carbocycles. The third-order valence-corrected chi connectivity index (χ3v) is 5.70. The van der Waals surface area contributed by atoms with Crippen molar-refractivity contribution in [3.05, 3.63) is 59.7 Å². The van der Waals surface area contributed by atoms with Gasteiger partial charge in [0, 0.05) is 42.7 Å². The number of amides is 2. The van der Waals surface area contributed by atoms with Crippen LogP contribution >= 0.6 is 0 Å². The van der Waals surface area contributed by atoms with Crippen molar-refractivity contribution >= 4 is 17.5 Å². The van der Waals surface area contributed by atoms with E-state index in [1.807, 2.05) is 41.0 Å². The molecule has 2 fully saturated rings. The molecule has 2 aromatic rings. The molecule has 140 valence electrons.